The van der Waals surface area contributed by atoms with Gasteiger partial charge in [0.25, 0.3) is 0 Å². The van der Waals surface area contributed by atoms with Crippen molar-refractivity contribution in [3.63, 3.8) is 0 Å². The molecule has 2 nitrogen and oxygen atoms in total. The fourth-order valence-electron chi connectivity index (χ4n) is 3.66. The van der Waals surface area contributed by atoms with Gasteiger partial charge in [0.2, 0.25) is 0 Å². The van der Waals surface area contributed by atoms with Gasteiger partial charge in [-0.2, -0.15) is 5.26 Å². The van der Waals surface area contributed by atoms with Crippen molar-refractivity contribution >= 4 is 0 Å². The molecule has 0 aromatic carbocycles. The fraction of sp³-hybridized carbons (Fsp3) is 0.933. The van der Waals surface area contributed by atoms with Gasteiger partial charge in [0.1, 0.15) is 0 Å². The van der Waals surface area contributed by atoms with E-state index in [1.807, 2.05) is 0 Å². The summed E-state index contributed by atoms with van der Waals surface area (Å²) in [6, 6.07) is 3.09. The molecule has 17 heavy (non-hydrogen) atoms. The molecule has 1 aliphatic carbocycles. The molecule has 2 aliphatic rings. The van der Waals surface area contributed by atoms with Gasteiger partial charge in [-0.3, -0.25) is 4.90 Å². The molecule has 0 N–H and O–H groups in total. The van der Waals surface area contributed by atoms with Crippen LogP contribution in [0, 0.1) is 28.6 Å². The van der Waals surface area contributed by atoms with E-state index in [0.29, 0.717) is 11.5 Å². The first-order chi connectivity index (χ1) is 8.02. The maximum atomic E-state index is 9.33. The topological polar surface area (TPSA) is 27.0 Å². The Labute approximate surface area is 106 Å². The molecule has 3 unspecified atom stereocenters. The van der Waals surface area contributed by atoms with Crippen molar-refractivity contribution in [1.82, 2.24) is 4.90 Å². The van der Waals surface area contributed by atoms with Crippen LogP contribution in [-0.4, -0.2) is 24.0 Å². The van der Waals surface area contributed by atoms with Gasteiger partial charge in [-0.15, -0.1) is 0 Å². The summed E-state index contributed by atoms with van der Waals surface area (Å²) in [6.45, 7) is 9.47. The van der Waals surface area contributed by atoms with Crippen LogP contribution in [0.2, 0.25) is 0 Å². The van der Waals surface area contributed by atoms with E-state index < -0.39 is 0 Å². The Morgan fingerprint density at radius 3 is 2.71 bits per heavy atom. The second kappa shape index (κ2) is 4.98. The van der Waals surface area contributed by atoms with Crippen molar-refractivity contribution in [3.8, 4) is 6.07 Å². The summed E-state index contributed by atoms with van der Waals surface area (Å²) in [5, 5.41) is 9.33. The molecule has 0 radical (unpaired) electrons. The van der Waals surface area contributed by atoms with E-state index in [0.717, 1.165) is 12.3 Å². The molecule has 1 saturated carbocycles. The average Bonchev–Trinajstić information content (AvgIpc) is 2.27. The van der Waals surface area contributed by atoms with Crippen molar-refractivity contribution in [3.05, 3.63) is 0 Å². The number of nitriles is 1. The fourth-order valence-corrected chi connectivity index (χ4v) is 3.66. The SMILES string of the molecule is CC1CCC(C#N)C(N2CCCC(C)(C)C2)C1. The van der Waals surface area contributed by atoms with Crippen LogP contribution in [0.1, 0.15) is 52.9 Å². The Hall–Kier alpha value is -0.550. The zero-order chi connectivity index (χ0) is 12.5. The maximum absolute atomic E-state index is 9.33. The molecule has 1 saturated heterocycles. The zero-order valence-electron chi connectivity index (χ0n) is 11.6. The molecule has 1 heterocycles. The van der Waals surface area contributed by atoms with Crippen LogP contribution in [0.25, 0.3) is 0 Å². The molecular weight excluding hydrogens is 208 g/mol. The Morgan fingerprint density at radius 2 is 2.06 bits per heavy atom. The molecule has 0 amide bonds. The molecule has 0 aromatic heterocycles. The number of hydrogen-bond acceptors (Lipinski definition) is 2. The van der Waals surface area contributed by atoms with Crippen LogP contribution in [0.3, 0.4) is 0 Å². The maximum Gasteiger partial charge on any atom is 0.0672 e. The Bertz CT molecular complexity index is 303. The van der Waals surface area contributed by atoms with Gasteiger partial charge >= 0.3 is 0 Å². The van der Waals surface area contributed by atoms with Crippen LogP contribution in [0.4, 0.5) is 0 Å². The number of rotatable bonds is 1. The lowest BCUT2D eigenvalue weighted by Gasteiger charge is -2.46. The first-order valence-corrected chi connectivity index (χ1v) is 7.15. The third-order valence-electron chi connectivity index (χ3n) is 4.64. The van der Waals surface area contributed by atoms with Gasteiger partial charge in [0, 0.05) is 12.6 Å². The summed E-state index contributed by atoms with van der Waals surface area (Å²) in [7, 11) is 0. The molecule has 0 aromatic rings. The summed E-state index contributed by atoms with van der Waals surface area (Å²) in [5.74, 6) is 1.08. The molecule has 0 bridgehead atoms. The Kier molecular flexibility index (Phi) is 3.78. The molecule has 2 fully saturated rings. The van der Waals surface area contributed by atoms with Crippen LogP contribution < -0.4 is 0 Å². The van der Waals surface area contributed by atoms with Crippen LogP contribution in [-0.2, 0) is 0 Å². The highest BCUT2D eigenvalue weighted by Crippen LogP contribution is 2.36. The van der Waals surface area contributed by atoms with Crippen molar-refractivity contribution in [2.75, 3.05) is 13.1 Å². The second-order valence-corrected chi connectivity index (χ2v) is 6.96. The summed E-state index contributed by atoms with van der Waals surface area (Å²) in [4.78, 5) is 2.62. The molecule has 2 heteroatoms. The molecule has 96 valence electrons. The van der Waals surface area contributed by atoms with Gasteiger partial charge in [-0.1, -0.05) is 20.8 Å². The first kappa shape index (κ1) is 12.9. The number of likely N-dealkylation sites (tertiary alicyclic amines) is 1. The minimum atomic E-state index is 0.278. The van der Waals surface area contributed by atoms with Gasteiger partial charge in [-0.05, 0) is 50.0 Å². The number of hydrogen-bond donors (Lipinski definition) is 0. The average molecular weight is 234 g/mol. The standard InChI is InChI=1S/C15H26N2/c1-12-5-6-13(10-16)14(9-12)17-8-4-7-15(2,3)11-17/h12-14H,4-9,11H2,1-3H3. The summed E-state index contributed by atoms with van der Waals surface area (Å²) >= 11 is 0. The van der Waals surface area contributed by atoms with E-state index in [9.17, 15) is 5.26 Å². The van der Waals surface area contributed by atoms with E-state index in [1.165, 1.54) is 38.8 Å². The summed E-state index contributed by atoms with van der Waals surface area (Å²) < 4.78 is 0. The minimum Gasteiger partial charge on any atom is -0.299 e. The predicted octanol–water partition coefficient (Wildman–Crippen LogP) is 3.44. The lowest BCUT2D eigenvalue weighted by molar-refractivity contribution is 0.0356. The Balaban J connectivity index is 2.06. The van der Waals surface area contributed by atoms with Crippen LogP contribution in [0.15, 0.2) is 0 Å². The highest BCUT2D eigenvalue weighted by Gasteiger charge is 2.37. The second-order valence-electron chi connectivity index (χ2n) is 6.96. The molecular formula is C15H26N2. The lowest BCUT2D eigenvalue weighted by Crippen LogP contribution is -2.50. The third-order valence-corrected chi connectivity index (χ3v) is 4.64. The van der Waals surface area contributed by atoms with E-state index >= 15 is 0 Å². The van der Waals surface area contributed by atoms with Gasteiger partial charge in [0.05, 0.1) is 12.0 Å². The number of nitrogens with zero attached hydrogens (tertiary/aromatic N) is 2. The zero-order valence-corrected chi connectivity index (χ0v) is 11.6. The van der Waals surface area contributed by atoms with Gasteiger partial charge in [0.15, 0.2) is 0 Å². The molecule has 0 spiro atoms. The summed E-state index contributed by atoms with van der Waals surface area (Å²) in [6.07, 6.45) is 6.22. The lowest BCUT2D eigenvalue weighted by atomic mass is 9.76. The van der Waals surface area contributed by atoms with E-state index in [-0.39, 0.29) is 5.92 Å². The smallest absolute Gasteiger partial charge is 0.0672 e. The van der Waals surface area contributed by atoms with Crippen molar-refractivity contribution in [1.29, 1.82) is 5.26 Å². The predicted molar refractivity (Wildman–Crippen MR) is 70.5 cm³/mol. The van der Waals surface area contributed by atoms with Crippen LogP contribution in [0.5, 0.6) is 0 Å². The normalized spacial score (nSPS) is 38.6. The van der Waals surface area contributed by atoms with Gasteiger partial charge in [-0.25, -0.2) is 0 Å². The van der Waals surface area contributed by atoms with Crippen molar-refractivity contribution < 1.29 is 0 Å². The monoisotopic (exact) mass is 234 g/mol. The van der Waals surface area contributed by atoms with E-state index in [1.54, 1.807) is 0 Å². The molecule has 2 rings (SSSR count). The van der Waals surface area contributed by atoms with E-state index in [2.05, 4.69) is 31.7 Å². The highest BCUT2D eigenvalue weighted by atomic mass is 15.2. The minimum absolute atomic E-state index is 0.278. The largest absolute Gasteiger partial charge is 0.299 e. The third kappa shape index (κ3) is 3.01. The van der Waals surface area contributed by atoms with Gasteiger partial charge < -0.3 is 0 Å². The Morgan fingerprint density at radius 1 is 1.29 bits per heavy atom. The van der Waals surface area contributed by atoms with Crippen LogP contribution >= 0.6 is 0 Å². The first-order valence-electron chi connectivity index (χ1n) is 7.15. The summed E-state index contributed by atoms with van der Waals surface area (Å²) in [5.41, 5.74) is 0.443. The van der Waals surface area contributed by atoms with Crippen molar-refractivity contribution in [2.45, 2.75) is 58.9 Å². The highest BCUT2D eigenvalue weighted by molar-refractivity contribution is 4.98. The molecule has 1 aliphatic heterocycles. The van der Waals surface area contributed by atoms with Crippen molar-refractivity contribution in [2.24, 2.45) is 17.3 Å². The number of piperidine rings is 1. The quantitative estimate of drug-likeness (QED) is 0.695. The van der Waals surface area contributed by atoms with E-state index in [4.69, 9.17) is 0 Å². The molecule has 3 atom stereocenters.